The van der Waals surface area contributed by atoms with Crippen LogP contribution < -0.4 is 14.8 Å². The van der Waals surface area contributed by atoms with Crippen molar-refractivity contribution < 1.29 is 9.47 Å². The molecule has 0 aliphatic rings. The maximum Gasteiger partial charge on any atom is 0.127 e. The lowest BCUT2D eigenvalue weighted by molar-refractivity contribution is 0.331. The Balaban J connectivity index is 2.74. The van der Waals surface area contributed by atoms with Crippen LogP contribution in [0, 0.1) is 0 Å². The molecule has 1 atom stereocenters. The van der Waals surface area contributed by atoms with E-state index in [4.69, 9.17) is 9.47 Å². The van der Waals surface area contributed by atoms with Crippen LogP contribution >= 0.6 is 11.8 Å². The van der Waals surface area contributed by atoms with Gasteiger partial charge in [0.1, 0.15) is 11.5 Å². The summed E-state index contributed by atoms with van der Waals surface area (Å²) in [4.78, 5) is 0. The summed E-state index contributed by atoms with van der Waals surface area (Å²) in [5.41, 5.74) is 1.20. The lowest BCUT2D eigenvalue weighted by Gasteiger charge is -2.19. The highest BCUT2D eigenvalue weighted by Gasteiger charge is 2.12. The van der Waals surface area contributed by atoms with Gasteiger partial charge < -0.3 is 14.8 Å². The Bertz CT molecular complexity index is 385. The molecule has 0 aromatic heterocycles. The predicted molar refractivity (Wildman–Crippen MR) is 88.2 cm³/mol. The first-order valence-electron chi connectivity index (χ1n) is 7.34. The molecule has 0 amide bonds. The minimum Gasteiger partial charge on any atom is -0.497 e. The summed E-state index contributed by atoms with van der Waals surface area (Å²) in [6.07, 6.45) is 1.13. The van der Waals surface area contributed by atoms with Gasteiger partial charge in [-0.15, -0.1) is 0 Å². The largest absolute Gasteiger partial charge is 0.497 e. The average molecular weight is 297 g/mol. The van der Waals surface area contributed by atoms with Crippen molar-refractivity contribution in [1.82, 2.24) is 5.32 Å². The van der Waals surface area contributed by atoms with E-state index in [0.29, 0.717) is 0 Å². The quantitative estimate of drug-likeness (QED) is 0.664. The van der Waals surface area contributed by atoms with Crippen LogP contribution in [-0.2, 0) is 0 Å². The van der Waals surface area contributed by atoms with Crippen molar-refractivity contribution in [2.24, 2.45) is 0 Å². The average Bonchev–Trinajstić information content (AvgIpc) is 2.49. The molecule has 1 aromatic carbocycles. The molecule has 0 aliphatic carbocycles. The van der Waals surface area contributed by atoms with E-state index in [9.17, 15) is 0 Å². The number of hydrogen-bond donors (Lipinski definition) is 1. The molecule has 20 heavy (non-hydrogen) atoms. The molecule has 0 saturated carbocycles. The molecule has 3 nitrogen and oxygen atoms in total. The van der Waals surface area contributed by atoms with Crippen molar-refractivity contribution in [3.8, 4) is 11.5 Å². The van der Waals surface area contributed by atoms with Gasteiger partial charge in [-0.3, -0.25) is 0 Å². The summed E-state index contributed by atoms with van der Waals surface area (Å²) >= 11 is 1.89. The highest BCUT2D eigenvalue weighted by Crippen LogP contribution is 2.29. The minimum absolute atomic E-state index is 0.287. The number of ether oxygens (including phenoxy) is 2. The second-order valence-electron chi connectivity index (χ2n) is 4.62. The van der Waals surface area contributed by atoms with E-state index >= 15 is 0 Å². The molecule has 1 N–H and O–H groups in total. The van der Waals surface area contributed by atoms with Crippen molar-refractivity contribution in [3.63, 3.8) is 0 Å². The molecule has 1 aromatic rings. The van der Waals surface area contributed by atoms with Crippen molar-refractivity contribution in [2.75, 3.05) is 31.8 Å². The van der Waals surface area contributed by atoms with Gasteiger partial charge in [-0.05, 0) is 31.7 Å². The molecule has 1 rings (SSSR count). The zero-order valence-electron chi connectivity index (χ0n) is 13.1. The van der Waals surface area contributed by atoms with E-state index in [0.717, 1.165) is 42.6 Å². The Morgan fingerprint density at radius 2 is 2.10 bits per heavy atom. The van der Waals surface area contributed by atoms with Gasteiger partial charge in [-0.25, -0.2) is 0 Å². The van der Waals surface area contributed by atoms with E-state index in [2.05, 4.69) is 32.2 Å². The van der Waals surface area contributed by atoms with Gasteiger partial charge in [0.2, 0.25) is 0 Å². The summed E-state index contributed by atoms with van der Waals surface area (Å²) < 4.78 is 11.2. The molecule has 0 spiro atoms. The number of rotatable bonds is 10. The van der Waals surface area contributed by atoms with E-state index in [-0.39, 0.29) is 6.04 Å². The van der Waals surface area contributed by atoms with Gasteiger partial charge in [0.15, 0.2) is 0 Å². The zero-order chi connectivity index (χ0) is 14.8. The van der Waals surface area contributed by atoms with Gasteiger partial charge in [0, 0.05) is 23.4 Å². The Hall–Kier alpha value is -0.870. The number of methoxy groups -OCH3 is 1. The number of thioether (sulfide) groups is 1. The minimum atomic E-state index is 0.287. The second kappa shape index (κ2) is 9.94. The first-order valence-corrected chi connectivity index (χ1v) is 8.50. The summed E-state index contributed by atoms with van der Waals surface area (Å²) in [6, 6.07) is 6.35. The molecule has 0 heterocycles. The van der Waals surface area contributed by atoms with Crippen molar-refractivity contribution >= 4 is 11.8 Å². The lowest BCUT2D eigenvalue weighted by Crippen LogP contribution is -2.20. The lowest BCUT2D eigenvalue weighted by atomic mass is 10.1. The molecule has 0 bridgehead atoms. The Morgan fingerprint density at radius 1 is 1.30 bits per heavy atom. The monoisotopic (exact) mass is 297 g/mol. The molecule has 0 radical (unpaired) electrons. The highest BCUT2D eigenvalue weighted by atomic mass is 32.2. The molecule has 1 unspecified atom stereocenters. The van der Waals surface area contributed by atoms with Crippen LogP contribution in [0.3, 0.4) is 0 Å². The van der Waals surface area contributed by atoms with Gasteiger partial charge in [0.25, 0.3) is 0 Å². The summed E-state index contributed by atoms with van der Waals surface area (Å²) in [5.74, 6) is 3.92. The van der Waals surface area contributed by atoms with Crippen LogP contribution in [0.15, 0.2) is 18.2 Å². The fraction of sp³-hybridized carbons (Fsp3) is 0.625. The van der Waals surface area contributed by atoms with Crippen LogP contribution in [0.5, 0.6) is 11.5 Å². The van der Waals surface area contributed by atoms with Crippen LogP contribution in [0.1, 0.15) is 38.8 Å². The van der Waals surface area contributed by atoms with Crippen molar-refractivity contribution in [3.05, 3.63) is 23.8 Å². The van der Waals surface area contributed by atoms with Gasteiger partial charge >= 0.3 is 0 Å². The smallest absolute Gasteiger partial charge is 0.127 e. The third kappa shape index (κ3) is 5.63. The molecular formula is C16H27NO2S. The van der Waals surface area contributed by atoms with Crippen LogP contribution in [0.25, 0.3) is 0 Å². The summed E-state index contributed by atoms with van der Waals surface area (Å²) in [7, 11) is 1.69. The van der Waals surface area contributed by atoms with E-state index in [1.54, 1.807) is 7.11 Å². The van der Waals surface area contributed by atoms with E-state index in [1.807, 2.05) is 23.9 Å². The fourth-order valence-electron chi connectivity index (χ4n) is 1.95. The summed E-state index contributed by atoms with van der Waals surface area (Å²) in [5, 5.41) is 3.50. The molecule has 4 heteroatoms. The normalized spacial score (nSPS) is 12.2. The van der Waals surface area contributed by atoms with E-state index in [1.165, 1.54) is 5.56 Å². The number of nitrogens with one attached hydrogen (secondary N) is 1. The molecular weight excluding hydrogens is 270 g/mol. The first kappa shape index (κ1) is 17.2. The molecule has 114 valence electrons. The van der Waals surface area contributed by atoms with Crippen molar-refractivity contribution in [1.29, 1.82) is 0 Å². The standard InChI is InChI=1S/C16H27NO2S/c1-5-9-17-13(3)15-8-7-14(18-4)12-16(15)19-10-11-20-6-2/h7-8,12-13,17H,5-6,9-11H2,1-4H3. The van der Waals surface area contributed by atoms with Crippen molar-refractivity contribution in [2.45, 2.75) is 33.2 Å². The molecule has 0 fully saturated rings. The van der Waals surface area contributed by atoms with Gasteiger partial charge in [-0.1, -0.05) is 19.9 Å². The Labute approximate surface area is 127 Å². The Morgan fingerprint density at radius 3 is 2.75 bits per heavy atom. The Kier molecular flexibility index (Phi) is 8.54. The SMILES string of the molecule is CCCNC(C)c1ccc(OC)cc1OCCSCC. The van der Waals surface area contributed by atoms with Crippen LogP contribution in [0.2, 0.25) is 0 Å². The summed E-state index contributed by atoms with van der Waals surface area (Å²) in [6.45, 7) is 8.26. The third-order valence-corrected chi connectivity index (χ3v) is 3.94. The maximum absolute atomic E-state index is 5.94. The molecule has 0 aliphatic heterocycles. The molecule has 0 saturated heterocycles. The third-order valence-electron chi connectivity index (χ3n) is 3.08. The van der Waals surface area contributed by atoms with Gasteiger partial charge in [0.05, 0.1) is 13.7 Å². The first-order chi connectivity index (χ1) is 9.72. The number of hydrogen-bond acceptors (Lipinski definition) is 4. The van der Waals surface area contributed by atoms with E-state index < -0.39 is 0 Å². The topological polar surface area (TPSA) is 30.5 Å². The van der Waals surface area contributed by atoms with Gasteiger partial charge in [-0.2, -0.15) is 11.8 Å². The van der Waals surface area contributed by atoms with Crippen LogP contribution in [-0.4, -0.2) is 31.8 Å². The fourth-order valence-corrected chi connectivity index (χ4v) is 2.44. The maximum atomic E-state index is 5.94. The van der Waals surface area contributed by atoms with Crippen LogP contribution in [0.4, 0.5) is 0 Å². The highest BCUT2D eigenvalue weighted by molar-refractivity contribution is 7.99. The predicted octanol–water partition coefficient (Wildman–Crippen LogP) is 3.89. The number of benzene rings is 1. The second-order valence-corrected chi connectivity index (χ2v) is 6.02. The zero-order valence-corrected chi connectivity index (χ0v) is 13.9.